The van der Waals surface area contributed by atoms with Crippen molar-refractivity contribution < 1.29 is 9.50 Å². The van der Waals surface area contributed by atoms with E-state index in [4.69, 9.17) is 0 Å². The number of aromatic amines is 2. The number of hydrogen-bond donors (Lipinski definition) is 3. The number of aromatic hydroxyl groups is 1. The summed E-state index contributed by atoms with van der Waals surface area (Å²) in [5, 5.41) is 17.7. The number of nitrogens with zero attached hydrogens (tertiary/aromatic N) is 3. The van der Waals surface area contributed by atoms with Crippen molar-refractivity contribution in [1.82, 2.24) is 25.1 Å². The zero-order valence-corrected chi connectivity index (χ0v) is 17.5. The lowest BCUT2D eigenvalue weighted by Gasteiger charge is -2.11. The molecule has 158 valence electrons. The van der Waals surface area contributed by atoms with Crippen molar-refractivity contribution in [3.8, 4) is 28.4 Å². The Hall–Kier alpha value is -3.45. The summed E-state index contributed by atoms with van der Waals surface area (Å²) in [5.41, 5.74) is 5.25. The summed E-state index contributed by atoms with van der Waals surface area (Å²) in [5.74, 6) is 0.431. The number of benzene rings is 2. The van der Waals surface area contributed by atoms with E-state index in [0.29, 0.717) is 28.9 Å². The number of aromatic nitrogens is 4. The van der Waals surface area contributed by atoms with Crippen LogP contribution in [0.15, 0.2) is 42.6 Å². The van der Waals surface area contributed by atoms with Gasteiger partial charge in [-0.25, -0.2) is 9.37 Å². The SMILES string of the molecule is CCc1cc(O)ccc1-c1ccc2c(-c3ncc(C4=CCN(CC)C4)[nH]3)[nH]nc2c1F. The van der Waals surface area contributed by atoms with E-state index in [1.54, 1.807) is 24.3 Å². The molecule has 1 aliphatic heterocycles. The Balaban J connectivity index is 1.53. The molecule has 0 radical (unpaired) electrons. The molecule has 0 fully saturated rings. The fourth-order valence-corrected chi connectivity index (χ4v) is 4.23. The van der Waals surface area contributed by atoms with Crippen LogP contribution in [0.25, 0.3) is 39.1 Å². The number of H-pyrrole nitrogens is 2. The van der Waals surface area contributed by atoms with Gasteiger partial charge in [0.1, 0.15) is 17.0 Å². The highest BCUT2D eigenvalue weighted by molar-refractivity contribution is 5.95. The third-order valence-electron chi connectivity index (χ3n) is 6.02. The van der Waals surface area contributed by atoms with Crippen LogP contribution in [-0.2, 0) is 6.42 Å². The minimum atomic E-state index is -0.385. The van der Waals surface area contributed by atoms with Crippen molar-refractivity contribution in [3.05, 3.63) is 59.7 Å². The Morgan fingerprint density at radius 3 is 2.77 bits per heavy atom. The highest BCUT2D eigenvalue weighted by Gasteiger charge is 2.20. The number of nitrogens with one attached hydrogen (secondary N) is 2. The molecule has 7 heteroatoms. The molecule has 3 heterocycles. The predicted molar refractivity (Wildman–Crippen MR) is 120 cm³/mol. The maximum absolute atomic E-state index is 15.4. The summed E-state index contributed by atoms with van der Waals surface area (Å²) < 4.78 is 15.4. The number of hydrogen-bond acceptors (Lipinski definition) is 4. The molecule has 0 atom stereocenters. The van der Waals surface area contributed by atoms with E-state index in [-0.39, 0.29) is 17.1 Å². The molecule has 2 aromatic heterocycles. The highest BCUT2D eigenvalue weighted by Crippen LogP contribution is 2.35. The number of rotatable bonds is 5. The minimum absolute atomic E-state index is 0.178. The molecule has 3 N–H and O–H groups in total. The van der Waals surface area contributed by atoms with E-state index in [9.17, 15) is 5.11 Å². The van der Waals surface area contributed by atoms with E-state index >= 15 is 4.39 Å². The Labute approximate surface area is 179 Å². The van der Waals surface area contributed by atoms with Crippen LogP contribution in [0, 0.1) is 5.82 Å². The fraction of sp³-hybridized carbons (Fsp3) is 0.250. The van der Waals surface area contributed by atoms with Crippen LogP contribution in [-0.4, -0.2) is 49.8 Å². The largest absolute Gasteiger partial charge is 0.508 e. The number of phenolic OH excluding ortho intramolecular Hbond substituents is 1. The molecule has 0 saturated carbocycles. The average Bonchev–Trinajstić information content (AvgIpc) is 3.52. The maximum Gasteiger partial charge on any atom is 0.159 e. The molecule has 0 unspecified atom stereocenters. The van der Waals surface area contributed by atoms with Crippen molar-refractivity contribution in [1.29, 1.82) is 0 Å². The number of aryl methyl sites for hydroxylation is 1. The van der Waals surface area contributed by atoms with Gasteiger partial charge in [0.05, 0.1) is 11.9 Å². The molecule has 5 rings (SSSR count). The van der Waals surface area contributed by atoms with Gasteiger partial charge in [-0.3, -0.25) is 10.00 Å². The minimum Gasteiger partial charge on any atom is -0.508 e. The van der Waals surface area contributed by atoms with Crippen LogP contribution >= 0.6 is 0 Å². The predicted octanol–water partition coefficient (Wildman–Crippen LogP) is 4.75. The molecule has 0 saturated heterocycles. The summed E-state index contributed by atoms with van der Waals surface area (Å²) in [6.07, 6.45) is 4.72. The third-order valence-corrected chi connectivity index (χ3v) is 6.02. The second-order valence-electron chi connectivity index (χ2n) is 7.82. The van der Waals surface area contributed by atoms with Gasteiger partial charge in [0.2, 0.25) is 0 Å². The first-order chi connectivity index (χ1) is 15.1. The monoisotopic (exact) mass is 417 g/mol. The molecule has 6 nitrogen and oxygen atoms in total. The van der Waals surface area contributed by atoms with Crippen molar-refractivity contribution in [2.45, 2.75) is 20.3 Å². The summed E-state index contributed by atoms with van der Waals surface area (Å²) >= 11 is 0. The summed E-state index contributed by atoms with van der Waals surface area (Å²) in [4.78, 5) is 10.2. The van der Waals surface area contributed by atoms with Crippen molar-refractivity contribution >= 4 is 16.5 Å². The first kappa shape index (κ1) is 19.5. The lowest BCUT2D eigenvalue weighted by atomic mass is 9.96. The number of imidazole rings is 1. The lowest BCUT2D eigenvalue weighted by Crippen LogP contribution is -2.19. The van der Waals surface area contributed by atoms with Crippen molar-refractivity contribution in [2.75, 3.05) is 19.6 Å². The topological polar surface area (TPSA) is 80.8 Å². The van der Waals surface area contributed by atoms with Gasteiger partial charge >= 0.3 is 0 Å². The number of phenols is 1. The molecule has 0 aliphatic carbocycles. The van der Waals surface area contributed by atoms with Gasteiger partial charge in [-0.05, 0) is 47.9 Å². The van der Waals surface area contributed by atoms with Crippen LogP contribution in [0.5, 0.6) is 5.75 Å². The fourth-order valence-electron chi connectivity index (χ4n) is 4.23. The summed E-state index contributed by atoms with van der Waals surface area (Å²) in [6.45, 7) is 6.98. The molecule has 0 bridgehead atoms. The molecule has 1 aliphatic rings. The standard InChI is InChI=1S/C24H24FN5O/c1-3-14-11-16(31)5-6-17(14)18-7-8-19-22(21(18)25)28-29-23(19)24-26-12-20(27-24)15-9-10-30(4-2)13-15/h5-9,11-12,31H,3-4,10,13H2,1-2H3,(H,26,27)(H,28,29). The zero-order valence-electron chi connectivity index (χ0n) is 17.5. The lowest BCUT2D eigenvalue weighted by molar-refractivity contribution is 0.376. The molecular formula is C24H24FN5O. The van der Waals surface area contributed by atoms with E-state index in [1.165, 1.54) is 5.57 Å². The highest BCUT2D eigenvalue weighted by atomic mass is 19.1. The van der Waals surface area contributed by atoms with Gasteiger partial charge in [0.15, 0.2) is 11.6 Å². The molecular weight excluding hydrogens is 393 g/mol. The normalized spacial score (nSPS) is 14.5. The second-order valence-corrected chi connectivity index (χ2v) is 7.82. The number of halogens is 1. The van der Waals surface area contributed by atoms with E-state index in [2.05, 4.69) is 38.1 Å². The van der Waals surface area contributed by atoms with Gasteiger partial charge in [-0.15, -0.1) is 0 Å². The number of fused-ring (bicyclic) bond motifs is 1. The van der Waals surface area contributed by atoms with Crippen molar-refractivity contribution in [3.63, 3.8) is 0 Å². The van der Waals surface area contributed by atoms with Crippen LogP contribution in [0.3, 0.4) is 0 Å². The molecule has 0 spiro atoms. The summed E-state index contributed by atoms with van der Waals surface area (Å²) in [6, 6.07) is 8.64. The zero-order chi connectivity index (χ0) is 21.5. The first-order valence-electron chi connectivity index (χ1n) is 10.5. The third kappa shape index (κ3) is 3.31. The van der Waals surface area contributed by atoms with Crippen molar-refractivity contribution in [2.24, 2.45) is 0 Å². The smallest absolute Gasteiger partial charge is 0.159 e. The number of likely N-dealkylation sites (N-methyl/N-ethyl adjacent to an activating group) is 1. The van der Waals surface area contributed by atoms with Gasteiger partial charge in [0, 0.05) is 24.0 Å². The Morgan fingerprint density at radius 1 is 1.16 bits per heavy atom. The Kier molecular flexibility index (Phi) is 4.82. The molecule has 0 amide bonds. The first-order valence-corrected chi connectivity index (χ1v) is 10.5. The van der Waals surface area contributed by atoms with Crippen LogP contribution in [0.4, 0.5) is 4.39 Å². The Bertz CT molecular complexity index is 1300. The molecule has 31 heavy (non-hydrogen) atoms. The van der Waals surface area contributed by atoms with Crippen LogP contribution in [0.2, 0.25) is 0 Å². The maximum atomic E-state index is 15.4. The van der Waals surface area contributed by atoms with Gasteiger partial charge in [-0.1, -0.05) is 32.1 Å². The van der Waals surface area contributed by atoms with E-state index < -0.39 is 0 Å². The second kappa shape index (κ2) is 7.67. The molecule has 2 aromatic carbocycles. The van der Waals surface area contributed by atoms with E-state index in [0.717, 1.165) is 36.5 Å². The van der Waals surface area contributed by atoms with Crippen LogP contribution in [0.1, 0.15) is 25.1 Å². The van der Waals surface area contributed by atoms with Gasteiger partial charge in [0.25, 0.3) is 0 Å². The van der Waals surface area contributed by atoms with Crippen LogP contribution < -0.4 is 0 Å². The Morgan fingerprint density at radius 2 is 2.00 bits per heavy atom. The van der Waals surface area contributed by atoms with Gasteiger partial charge < -0.3 is 10.1 Å². The molecule has 4 aromatic rings. The average molecular weight is 417 g/mol. The van der Waals surface area contributed by atoms with Gasteiger partial charge in [-0.2, -0.15) is 5.10 Å². The summed E-state index contributed by atoms with van der Waals surface area (Å²) in [7, 11) is 0. The quantitative estimate of drug-likeness (QED) is 0.438. The van der Waals surface area contributed by atoms with E-state index in [1.807, 2.05) is 19.2 Å².